The maximum absolute atomic E-state index is 6.19. The summed E-state index contributed by atoms with van der Waals surface area (Å²) in [6.07, 6.45) is 4.11. The van der Waals surface area contributed by atoms with E-state index in [1.807, 2.05) is 18.3 Å². The summed E-state index contributed by atoms with van der Waals surface area (Å²) < 4.78 is 0. The Morgan fingerprint density at radius 1 is 1.33 bits per heavy atom. The predicted octanol–water partition coefficient (Wildman–Crippen LogP) is 2.95. The van der Waals surface area contributed by atoms with Crippen LogP contribution in [-0.2, 0) is 0 Å². The Kier molecular flexibility index (Phi) is 4.76. The fourth-order valence-corrected chi connectivity index (χ4v) is 1.70. The average Bonchev–Trinajstić information content (AvgIpc) is 2.29. The Hall–Kier alpha value is -0.890. The van der Waals surface area contributed by atoms with Gasteiger partial charge in [0.05, 0.1) is 0 Å². The SMILES string of the molecule is CCC(C)CC(N)C(C)c1ccccn1. The number of hydrogen-bond donors (Lipinski definition) is 1. The fourth-order valence-electron chi connectivity index (χ4n) is 1.70. The maximum atomic E-state index is 6.19. The van der Waals surface area contributed by atoms with Crippen LogP contribution in [0.3, 0.4) is 0 Å². The molecule has 2 heteroatoms. The second-order valence-corrected chi connectivity index (χ2v) is 4.46. The molecule has 84 valence electrons. The zero-order valence-corrected chi connectivity index (χ0v) is 9.98. The molecule has 0 fully saturated rings. The number of nitrogens with two attached hydrogens (primary N) is 1. The predicted molar refractivity (Wildman–Crippen MR) is 64.7 cm³/mol. The second-order valence-electron chi connectivity index (χ2n) is 4.46. The van der Waals surface area contributed by atoms with Crippen molar-refractivity contribution in [1.29, 1.82) is 0 Å². The molecule has 0 aliphatic heterocycles. The van der Waals surface area contributed by atoms with Gasteiger partial charge >= 0.3 is 0 Å². The van der Waals surface area contributed by atoms with Crippen molar-refractivity contribution in [3.8, 4) is 0 Å². The van der Waals surface area contributed by atoms with Gasteiger partial charge in [-0.05, 0) is 24.5 Å². The Morgan fingerprint density at radius 3 is 2.60 bits per heavy atom. The van der Waals surface area contributed by atoms with Gasteiger partial charge in [0, 0.05) is 23.9 Å². The first-order valence-corrected chi connectivity index (χ1v) is 5.81. The van der Waals surface area contributed by atoms with Crippen molar-refractivity contribution < 1.29 is 0 Å². The lowest BCUT2D eigenvalue weighted by Gasteiger charge is -2.22. The van der Waals surface area contributed by atoms with E-state index in [-0.39, 0.29) is 6.04 Å². The van der Waals surface area contributed by atoms with Gasteiger partial charge in [0.2, 0.25) is 0 Å². The van der Waals surface area contributed by atoms with Crippen LogP contribution in [0.4, 0.5) is 0 Å². The van der Waals surface area contributed by atoms with Crippen molar-refractivity contribution in [3.05, 3.63) is 30.1 Å². The van der Waals surface area contributed by atoms with Crippen LogP contribution >= 0.6 is 0 Å². The highest BCUT2D eigenvalue weighted by Crippen LogP contribution is 2.21. The molecule has 1 rings (SSSR count). The lowest BCUT2D eigenvalue weighted by Crippen LogP contribution is -2.29. The summed E-state index contributed by atoms with van der Waals surface area (Å²) in [7, 11) is 0. The number of pyridine rings is 1. The standard InChI is InChI=1S/C13H22N2/c1-4-10(2)9-12(14)11(3)13-7-5-6-8-15-13/h5-8,10-12H,4,9,14H2,1-3H3. The van der Waals surface area contributed by atoms with Gasteiger partial charge in [-0.25, -0.2) is 0 Å². The van der Waals surface area contributed by atoms with Crippen LogP contribution in [0.1, 0.15) is 45.2 Å². The molecule has 0 aromatic carbocycles. The smallest absolute Gasteiger partial charge is 0.0447 e. The molecule has 1 heterocycles. The van der Waals surface area contributed by atoms with Crippen molar-refractivity contribution in [2.45, 2.75) is 45.6 Å². The van der Waals surface area contributed by atoms with E-state index < -0.39 is 0 Å². The van der Waals surface area contributed by atoms with Crippen LogP contribution in [0, 0.1) is 5.92 Å². The molecule has 3 atom stereocenters. The second kappa shape index (κ2) is 5.86. The van der Waals surface area contributed by atoms with Crippen LogP contribution in [0.15, 0.2) is 24.4 Å². The monoisotopic (exact) mass is 206 g/mol. The zero-order chi connectivity index (χ0) is 11.3. The van der Waals surface area contributed by atoms with E-state index in [2.05, 4.69) is 31.8 Å². The molecule has 0 bridgehead atoms. The molecule has 1 aromatic heterocycles. The molecule has 0 aliphatic rings. The number of rotatable bonds is 5. The zero-order valence-electron chi connectivity index (χ0n) is 9.98. The maximum Gasteiger partial charge on any atom is 0.0447 e. The summed E-state index contributed by atoms with van der Waals surface area (Å²) >= 11 is 0. The van der Waals surface area contributed by atoms with Crippen molar-refractivity contribution in [2.24, 2.45) is 11.7 Å². The lowest BCUT2D eigenvalue weighted by atomic mass is 9.90. The first-order valence-electron chi connectivity index (χ1n) is 5.81. The van der Waals surface area contributed by atoms with E-state index in [1.165, 1.54) is 6.42 Å². The third-order valence-corrected chi connectivity index (χ3v) is 3.17. The summed E-state index contributed by atoms with van der Waals surface area (Å²) in [6, 6.07) is 6.24. The van der Waals surface area contributed by atoms with Gasteiger partial charge in [0.15, 0.2) is 0 Å². The van der Waals surface area contributed by atoms with Crippen LogP contribution in [-0.4, -0.2) is 11.0 Å². The Morgan fingerprint density at radius 2 is 2.07 bits per heavy atom. The van der Waals surface area contributed by atoms with Gasteiger partial charge in [-0.1, -0.05) is 33.3 Å². The summed E-state index contributed by atoms with van der Waals surface area (Å²) in [5, 5.41) is 0. The summed E-state index contributed by atoms with van der Waals surface area (Å²) in [5.41, 5.74) is 7.29. The van der Waals surface area contributed by atoms with Gasteiger partial charge in [-0.15, -0.1) is 0 Å². The van der Waals surface area contributed by atoms with E-state index in [4.69, 9.17) is 5.73 Å². The van der Waals surface area contributed by atoms with Gasteiger partial charge in [-0.2, -0.15) is 0 Å². The van der Waals surface area contributed by atoms with E-state index >= 15 is 0 Å². The van der Waals surface area contributed by atoms with Gasteiger partial charge < -0.3 is 5.73 Å². The Bertz CT molecular complexity index is 271. The largest absolute Gasteiger partial charge is 0.327 e. The molecule has 1 aromatic rings. The van der Waals surface area contributed by atoms with Crippen LogP contribution < -0.4 is 5.73 Å². The van der Waals surface area contributed by atoms with E-state index in [9.17, 15) is 0 Å². The van der Waals surface area contributed by atoms with Crippen molar-refractivity contribution in [3.63, 3.8) is 0 Å². The minimum absolute atomic E-state index is 0.217. The molecule has 0 aliphatic carbocycles. The average molecular weight is 206 g/mol. The van der Waals surface area contributed by atoms with Gasteiger partial charge in [-0.3, -0.25) is 4.98 Å². The van der Waals surface area contributed by atoms with E-state index in [1.54, 1.807) is 0 Å². The Labute approximate surface area is 92.9 Å². The normalized spacial score (nSPS) is 17.1. The molecule has 2 N–H and O–H groups in total. The van der Waals surface area contributed by atoms with Gasteiger partial charge in [0.1, 0.15) is 0 Å². The summed E-state index contributed by atoms with van der Waals surface area (Å²) in [5.74, 6) is 1.05. The van der Waals surface area contributed by atoms with Crippen LogP contribution in [0.2, 0.25) is 0 Å². The van der Waals surface area contributed by atoms with E-state index in [0.29, 0.717) is 11.8 Å². The molecule has 15 heavy (non-hydrogen) atoms. The third kappa shape index (κ3) is 3.63. The highest BCUT2D eigenvalue weighted by Gasteiger charge is 2.17. The third-order valence-electron chi connectivity index (χ3n) is 3.17. The molecular formula is C13H22N2. The van der Waals surface area contributed by atoms with Crippen LogP contribution in [0.5, 0.6) is 0 Å². The molecule has 2 nitrogen and oxygen atoms in total. The summed E-state index contributed by atoms with van der Waals surface area (Å²) in [6.45, 7) is 6.63. The summed E-state index contributed by atoms with van der Waals surface area (Å²) in [4.78, 5) is 4.35. The molecule has 3 unspecified atom stereocenters. The van der Waals surface area contributed by atoms with Gasteiger partial charge in [0.25, 0.3) is 0 Å². The lowest BCUT2D eigenvalue weighted by molar-refractivity contribution is 0.414. The number of aromatic nitrogens is 1. The first kappa shape index (κ1) is 12.2. The fraction of sp³-hybridized carbons (Fsp3) is 0.615. The van der Waals surface area contributed by atoms with Crippen molar-refractivity contribution in [1.82, 2.24) is 4.98 Å². The van der Waals surface area contributed by atoms with Crippen molar-refractivity contribution in [2.75, 3.05) is 0 Å². The van der Waals surface area contributed by atoms with Crippen molar-refractivity contribution >= 4 is 0 Å². The number of nitrogens with zero attached hydrogens (tertiary/aromatic N) is 1. The Balaban J connectivity index is 2.57. The topological polar surface area (TPSA) is 38.9 Å². The highest BCUT2D eigenvalue weighted by atomic mass is 14.7. The quantitative estimate of drug-likeness (QED) is 0.804. The number of hydrogen-bond acceptors (Lipinski definition) is 2. The first-order chi connectivity index (χ1) is 7.15. The minimum Gasteiger partial charge on any atom is -0.327 e. The highest BCUT2D eigenvalue weighted by molar-refractivity contribution is 5.10. The molecule has 0 amide bonds. The van der Waals surface area contributed by atoms with Crippen LogP contribution in [0.25, 0.3) is 0 Å². The molecular weight excluding hydrogens is 184 g/mol. The molecule has 0 saturated heterocycles. The van der Waals surface area contributed by atoms with E-state index in [0.717, 1.165) is 12.1 Å². The molecule has 0 radical (unpaired) electrons. The molecule has 0 spiro atoms. The minimum atomic E-state index is 0.217. The molecule has 0 saturated carbocycles.